The molecule has 1 aromatic rings. The van der Waals surface area contributed by atoms with Gasteiger partial charge in [0, 0.05) is 12.6 Å². The van der Waals surface area contributed by atoms with Crippen molar-refractivity contribution in [1.29, 1.82) is 0 Å². The van der Waals surface area contributed by atoms with E-state index in [2.05, 4.69) is 0 Å². The van der Waals surface area contributed by atoms with E-state index in [0.29, 0.717) is 13.0 Å². The van der Waals surface area contributed by atoms with Gasteiger partial charge in [-0.25, -0.2) is 17.2 Å². The first-order valence-corrected chi connectivity index (χ1v) is 8.47. The van der Waals surface area contributed by atoms with E-state index in [1.807, 2.05) is 6.92 Å². The number of aliphatic hydroxyl groups is 1. The summed E-state index contributed by atoms with van der Waals surface area (Å²) in [6.45, 7) is 1.40. The second-order valence-corrected chi connectivity index (χ2v) is 7.06. The van der Waals surface area contributed by atoms with Crippen molar-refractivity contribution < 1.29 is 22.3 Å². The SMILES string of the molecule is CCCCN(C1CC1)S(=O)(=O)c1ccc(F)c(CO)c1F. The summed E-state index contributed by atoms with van der Waals surface area (Å²) in [5.41, 5.74) is -0.609. The molecule has 0 atom stereocenters. The van der Waals surface area contributed by atoms with E-state index in [0.717, 1.165) is 31.4 Å². The van der Waals surface area contributed by atoms with Gasteiger partial charge in [0.15, 0.2) is 5.82 Å². The lowest BCUT2D eigenvalue weighted by molar-refractivity contribution is 0.267. The highest BCUT2D eigenvalue weighted by molar-refractivity contribution is 7.89. The maximum absolute atomic E-state index is 14.2. The van der Waals surface area contributed by atoms with Gasteiger partial charge in [-0.3, -0.25) is 0 Å². The molecule has 0 radical (unpaired) electrons. The Balaban J connectivity index is 2.42. The Hall–Kier alpha value is -1.05. The highest BCUT2D eigenvalue weighted by Crippen LogP contribution is 2.34. The zero-order valence-electron chi connectivity index (χ0n) is 11.8. The predicted octanol–water partition coefficient (Wildman–Crippen LogP) is 2.41. The fraction of sp³-hybridized carbons (Fsp3) is 0.571. The summed E-state index contributed by atoms with van der Waals surface area (Å²) in [5.74, 6) is -2.14. The van der Waals surface area contributed by atoms with Crippen LogP contribution in [-0.4, -0.2) is 30.4 Å². The average Bonchev–Trinajstić information content (AvgIpc) is 3.23. The number of hydrogen-bond acceptors (Lipinski definition) is 3. The van der Waals surface area contributed by atoms with Gasteiger partial charge in [0.05, 0.1) is 12.2 Å². The van der Waals surface area contributed by atoms with Gasteiger partial charge in [-0.05, 0) is 31.4 Å². The lowest BCUT2D eigenvalue weighted by Gasteiger charge is -2.22. The zero-order valence-corrected chi connectivity index (χ0v) is 12.7. The van der Waals surface area contributed by atoms with E-state index < -0.39 is 38.7 Å². The maximum Gasteiger partial charge on any atom is 0.246 e. The molecular formula is C14H19F2NO3S. The Morgan fingerprint density at radius 1 is 1.33 bits per heavy atom. The summed E-state index contributed by atoms with van der Waals surface area (Å²) < 4.78 is 54.1. The molecule has 7 heteroatoms. The molecule has 21 heavy (non-hydrogen) atoms. The van der Waals surface area contributed by atoms with Crippen LogP contribution in [0.25, 0.3) is 0 Å². The minimum absolute atomic E-state index is 0.0939. The van der Waals surface area contributed by atoms with E-state index >= 15 is 0 Å². The van der Waals surface area contributed by atoms with Gasteiger partial charge in [0.25, 0.3) is 0 Å². The molecule has 1 N–H and O–H groups in total. The molecule has 0 unspecified atom stereocenters. The van der Waals surface area contributed by atoms with Gasteiger partial charge in [0.2, 0.25) is 10.0 Å². The number of hydrogen-bond donors (Lipinski definition) is 1. The maximum atomic E-state index is 14.2. The van der Waals surface area contributed by atoms with Crippen LogP contribution in [0.4, 0.5) is 8.78 Å². The molecule has 1 saturated carbocycles. The smallest absolute Gasteiger partial charge is 0.246 e. The molecule has 2 rings (SSSR count). The Morgan fingerprint density at radius 2 is 2.00 bits per heavy atom. The number of rotatable bonds is 7. The molecule has 0 saturated heterocycles. The molecular weight excluding hydrogens is 300 g/mol. The van der Waals surface area contributed by atoms with Crippen molar-refractivity contribution in [3.63, 3.8) is 0 Å². The van der Waals surface area contributed by atoms with E-state index in [1.165, 1.54) is 4.31 Å². The summed E-state index contributed by atoms with van der Waals surface area (Å²) in [6.07, 6.45) is 3.04. The quantitative estimate of drug-likeness (QED) is 0.839. The molecule has 1 fully saturated rings. The largest absolute Gasteiger partial charge is 0.391 e. The summed E-state index contributed by atoms with van der Waals surface area (Å²) in [5, 5.41) is 9.00. The van der Waals surface area contributed by atoms with E-state index in [4.69, 9.17) is 5.11 Å². The molecule has 0 aromatic heterocycles. The molecule has 1 aliphatic carbocycles. The van der Waals surface area contributed by atoms with E-state index in [-0.39, 0.29) is 6.04 Å². The Labute approximate surface area is 123 Å². The summed E-state index contributed by atoms with van der Waals surface area (Å²) in [6, 6.07) is 1.72. The number of halogens is 2. The van der Waals surface area contributed by atoms with Crippen LogP contribution < -0.4 is 0 Å². The first kappa shape index (κ1) is 16.3. The van der Waals surface area contributed by atoms with Crippen molar-refractivity contribution in [3.05, 3.63) is 29.3 Å². The molecule has 0 heterocycles. The van der Waals surface area contributed by atoms with Crippen LogP contribution in [0.1, 0.15) is 38.2 Å². The van der Waals surface area contributed by atoms with Crippen LogP contribution in [0.15, 0.2) is 17.0 Å². The van der Waals surface area contributed by atoms with Crippen LogP contribution in [0.2, 0.25) is 0 Å². The summed E-state index contributed by atoms with van der Waals surface area (Å²) in [7, 11) is -4.01. The van der Waals surface area contributed by atoms with Gasteiger partial charge < -0.3 is 5.11 Å². The molecule has 1 aromatic carbocycles. The third-order valence-electron chi connectivity index (χ3n) is 3.58. The average molecular weight is 319 g/mol. The number of aliphatic hydroxyl groups excluding tert-OH is 1. The minimum Gasteiger partial charge on any atom is -0.391 e. The number of sulfonamides is 1. The van der Waals surface area contributed by atoms with Gasteiger partial charge in [0.1, 0.15) is 10.7 Å². The molecule has 0 aliphatic heterocycles. The van der Waals surface area contributed by atoms with Crippen LogP contribution in [0, 0.1) is 11.6 Å². The Morgan fingerprint density at radius 3 is 2.52 bits per heavy atom. The molecule has 1 aliphatic rings. The lowest BCUT2D eigenvalue weighted by Crippen LogP contribution is -2.34. The topological polar surface area (TPSA) is 57.6 Å². The second kappa shape index (κ2) is 6.37. The molecule has 0 spiro atoms. The Bertz CT molecular complexity index is 615. The molecule has 4 nitrogen and oxygen atoms in total. The van der Waals surface area contributed by atoms with Gasteiger partial charge in [-0.1, -0.05) is 13.3 Å². The van der Waals surface area contributed by atoms with Gasteiger partial charge >= 0.3 is 0 Å². The van der Waals surface area contributed by atoms with Gasteiger partial charge in [-0.15, -0.1) is 0 Å². The highest BCUT2D eigenvalue weighted by atomic mass is 32.2. The van der Waals surface area contributed by atoms with Gasteiger partial charge in [-0.2, -0.15) is 4.31 Å². The standard InChI is InChI=1S/C14H19F2NO3S/c1-2-3-8-17(10-4-5-10)21(19,20)13-7-6-12(15)11(9-18)14(13)16/h6-7,10,18H,2-5,8-9H2,1H3. The van der Waals surface area contributed by atoms with Crippen LogP contribution in [0.3, 0.4) is 0 Å². The Kier molecular flexibility index (Phi) is 4.95. The van der Waals surface area contributed by atoms with Crippen molar-refractivity contribution in [3.8, 4) is 0 Å². The fourth-order valence-electron chi connectivity index (χ4n) is 2.22. The normalized spacial score (nSPS) is 15.7. The first-order chi connectivity index (χ1) is 9.93. The lowest BCUT2D eigenvalue weighted by atomic mass is 10.2. The third kappa shape index (κ3) is 3.25. The van der Waals surface area contributed by atoms with Crippen molar-refractivity contribution in [2.75, 3.05) is 6.54 Å². The molecule has 0 amide bonds. The van der Waals surface area contributed by atoms with Crippen molar-refractivity contribution in [1.82, 2.24) is 4.31 Å². The van der Waals surface area contributed by atoms with Crippen molar-refractivity contribution in [2.45, 2.75) is 50.2 Å². The zero-order chi connectivity index (χ0) is 15.6. The minimum atomic E-state index is -4.01. The number of nitrogens with zero attached hydrogens (tertiary/aromatic N) is 1. The van der Waals surface area contributed by atoms with Crippen molar-refractivity contribution >= 4 is 10.0 Å². The fourth-order valence-corrected chi connectivity index (χ4v) is 4.04. The van der Waals surface area contributed by atoms with Crippen LogP contribution in [-0.2, 0) is 16.6 Å². The predicted molar refractivity (Wildman–Crippen MR) is 74.1 cm³/mol. The monoisotopic (exact) mass is 319 g/mol. The number of unbranched alkanes of at least 4 members (excludes halogenated alkanes) is 1. The first-order valence-electron chi connectivity index (χ1n) is 7.03. The van der Waals surface area contributed by atoms with Crippen LogP contribution in [0.5, 0.6) is 0 Å². The highest BCUT2D eigenvalue weighted by Gasteiger charge is 2.39. The summed E-state index contributed by atoms with van der Waals surface area (Å²) >= 11 is 0. The van der Waals surface area contributed by atoms with E-state index in [1.54, 1.807) is 0 Å². The second-order valence-electron chi connectivity index (χ2n) is 5.20. The van der Waals surface area contributed by atoms with E-state index in [9.17, 15) is 17.2 Å². The molecule has 118 valence electrons. The number of benzene rings is 1. The summed E-state index contributed by atoms with van der Waals surface area (Å²) in [4.78, 5) is -0.559. The van der Waals surface area contributed by atoms with Crippen molar-refractivity contribution in [2.24, 2.45) is 0 Å². The molecule has 0 bridgehead atoms. The third-order valence-corrected chi connectivity index (χ3v) is 5.55. The van der Waals surface area contributed by atoms with Crippen LogP contribution >= 0.6 is 0 Å².